The van der Waals surface area contributed by atoms with E-state index in [4.69, 9.17) is 25.5 Å². The fourth-order valence-electron chi connectivity index (χ4n) is 4.61. The van der Waals surface area contributed by atoms with Crippen LogP contribution in [0, 0.1) is 35.3 Å². The summed E-state index contributed by atoms with van der Waals surface area (Å²) in [4.78, 5) is 23.8. The summed E-state index contributed by atoms with van der Waals surface area (Å²) in [6.07, 6.45) is 1.18. The SMILES string of the molecule is Cc1ccc(C)n1-c1ccc(OCc2ccc(C(=O)N/N=C/c3cc(Cl)cc([N+](=O)[O-])c3OCc3ccccc3C#N)o2)cc1. The topological polar surface area (TPSA) is 145 Å². The van der Waals surface area contributed by atoms with Gasteiger partial charge in [-0.25, -0.2) is 5.43 Å². The quantitative estimate of drug-likeness (QED) is 0.0943. The number of aryl methyl sites for hydroxylation is 2. The fraction of sp³-hybridized carbons (Fsp3) is 0.121. The molecule has 0 bridgehead atoms. The Balaban J connectivity index is 1.22. The Bertz CT molecular complexity index is 1920. The van der Waals surface area contributed by atoms with Gasteiger partial charge in [0.2, 0.25) is 5.75 Å². The van der Waals surface area contributed by atoms with Gasteiger partial charge in [0.25, 0.3) is 0 Å². The maximum absolute atomic E-state index is 12.7. The van der Waals surface area contributed by atoms with Crippen molar-refractivity contribution in [3.63, 3.8) is 0 Å². The third-order valence-corrected chi connectivity index (χ3v) is 6.99. The van der Waals surface area contributed by atoms with Gasteiger partial charge in [0.1, 0.15) is 24.7 Å². The van der Waals surface area contributed by atoms with Crippen molar-refractivity contribution in [2.24, 2.45) is 5.10 Å². The highest BCUT2D eigenvalue weighted by atomic mass is 35.5. The predicted octanol–water partition coefficient (Wildman–Crippen LogP) is 7.04. The van der Waals surface area contributed by atoms with Crippen LogP contribution in [0.25, 0.3) is 5.69 Å². The van der Waals surface area contributed by atoms with Crippen LogP contribution < -0.4 is 14.9 Å². The molecule has 3 aromatic carbocycles. The number of hydrazone groups is 1. The monoisotopic (exact) mass is 623 g/mol. The van der Waals surface area contributed by atoms with Crippen molar-refractivity contribution >= 4 is 29.4 Å². The van der Waals surface area contributed by atoms with Gasteiger partial charge in [-0.1, -0.05) is 29.8 Å². The number of ether oxygens (including phenoxy) is 2. The van der Waals surface area contributed by atoms with Crippen molar-refractivity contribution < 1.29 is 23.6 Å². The molecule has 0 saturated carbocycles. The minimum Gasteiger partial charge on any atom is -0.486 e. The van der Waals surface area contributed by atoms with Crippen LogP contribution >= 0.6 is 11.6 Å². The molecule has 0 radical (unpaired) electrons. The van der Waals surface area contributed by atoms with Gasteiger partial charge in [-0.2, -0.15) is 10.4 Å². The highest BCUT2D eigenvalue weighted by Gasteiger charge is 2.21. The van der Waals surface area contributed by atoms with Gasteiger partial charge >= 0.3 is 11.6 Å². The summed E-state index contributed by atoms with van der Waals surface area (Å²) in [7, 11) is 0. The summed E-state index contributed by atoms with van der Waals surface area (Å²) >= 11 is 6.11. The van der Waals surface area contributed by atoms with E-state index in [-0.39, 0.29) is 35.3 Å². The maximum Gasteiger partial charge on any atom is 0.313 e. The highest BCUT2D eigenvalue weighted by molar-refractivity contribution is 6.31. The van der Waals surface area contributed by atoms with Crippen LogP contribution in [0.4, 0.5) is 5.69 Å². The second-order valence-corrected chi connectivity index (χ2v) is 10.3. The molecule has 1 N–H and O–H groups in total. The number of carbonyl (C=O) groups excluding carboxylic acids is 1. The molecule has 0 aliphatic carbocycles. The zero-order valence-electron chi connectivity index (χ0n) is 24.2. The molecule has 0 fully saturated rings. The molecule has 12 heteroatoms. The number of rotatable bonds is 11. The summed E-state index contributed by atoms with van der Waals surface area (Å²) in [6.45, 7) is 4.07. The van der Waals surface area contributed by atoms with E-state index in [1.165, 1.54) is 18.3 Å². The molecule has 5 aromatic rings. The molecule has 226 valence electrons. The van der Waals surface area contributed by atoms with E-state index in [0.29, 0.717) is 22.6 Å². The molecule has 5 rings (SSSR count). The normalized spacial score (nSPS) is 10.9. The number of hydrogen-bond donors (Lipinski definition) is 1. The fourth-order valence-corrected chi connectivity index (χ4v) is 4.83. The Morgan fingerprint density at radius 2 is 1.78 bits per heavy atom. The molecule has 0 aliphatic rings. The van der Waals surface area contributed by atoms with Gasteiger partial charge in [0, 0.05) is 39.3 Å². The Labute approximate surface area is 263 Å². The predicted molar refractivity (Wildman–Crippen MR) is 167 cm³/mol. The van der Waals surface area contributed by atoms with Crippen molar-refractivity contribution in [1.29, 1.82) is 5.26 Å². The number of nitro benzene ring substituents is 1. The second-order valence-electron chi connectivity index (χ2n) is 9.86. The van der Waals surface area contributed by atoms with Crippen LogP contribution in [0.2, 0.25) is 5.02 Å². The molecule has 11 nitrogen and oxygen atoms in total. The molecule has 0 spiro atoms. The number of benzene rings is 3. The number of furan rings is 1. The maximum atomic E-state index is 12.7. The smallest absolute Gasteiger partial charge is 0.313 e. The summed E-state index contributed by atoms with van der Waals surface area (Å²) in [5.41, 5.74) is 6.28. The van der Waals surface area contributed by atoms with Crippen molar-refractivity contribution in [3.8, 4) is 23.3 Å². The van der Waals surface area contributed by atoms with Crippen LogP contribution in [0.15, 0.2) is 94.4 Å². The third-order valence-electron chi connectivity index (χ3n) is 6.77. The molecule has 2 aromatic heterocycles. The number of nitriles is 1. The van der Waals surface area contributed by atoms with Crippen molar-refractivity contribution in [2.45, 2.75) is 27.1 Å². The Morgan fingerprint density at radius 3 is 2.49 bits per heavy atom. The Hall–Kier alpha value is -5.86. The molecule has 0 saturated heterocycles. The Kier molecular flexibility index (Phi) is 9.26. The molecule has 1 amide bonds. The largest absolute Gasteiger partial charge is 0.486 e. The number of hydrogen-bond acceptors (Lipinski definition) is 8. The first-order chi connectivity index (χ1) is 21.7. The Morgan fingerprint density at radius 1 is 1.04 bits per heavy atom. The van der Waals surface area contributed by atoms with E-state index in [0.717, 1.165) is 23.1 Å². The zero-order valence-corrected chi connectivity index (χ0v) is 24.9. The van der Waals surface area contributed by atoms with Crippen molar-refractivity contribution in [3.05, 3.63) is 140 Å². The number of halogens is 1. The first-order valence-electron chi connectivity index (χ1n) is 13.6. The zero-order chi connectivity index (χ0) is 31.9. The molecule has 45 heavy (non-hydrogen) atoms. The summed E-state index contributed by atoms with van der Waals surface area (Å²) in [5, 5.41) is 25.1. The molecule has 0 atom stereocenters. The van der Waals surface area contributed by atoms with Gasteiger partial charge in [0.15, 0.2) is 5.76 Å². The number of aromatic nitrogens is 1. The highest BCUT2D eigenvalue weighted by Crippen LogP contribution is 2.34. The van der Waals surface area contributed by atoms with E-state index in [1.807, 2.05) is 38.1 Å². The number of nitrogens with one attached hydrogen (secondary N) is 1. The number of nitro groups is 1. The van der Waals surface area contributed by atoms with Gasteiger partial charge in [-0.15, -0.1) is 0 Å². The lowest BCUT2D eigenvalue weighted by Gasteiger charge is -2.11. The van der Waals surface area contributed by atoms with E-state index in [9.17, 15) is 20.2 Å². The van der Waals surface area contributed by atoms with E-state index < -0.39 is 16.5 Å². The summed E-state index contributed by atoms with van der Waals surface area (Å²) < 4.78 is 19.3. The van der Waals surface area contributed by atoms with E-state index >= 15 is 0 Å². The summed E-state index contributed by atoms with van der Waals surface area (Å²) in [5.74, 6) is 0.267. The lowest BCUT2D eigenvalue weighted by Crippen LogP contribution is -2.17. The minimum absolute atomic E-state index is 0.0127. The number of nitrogens with zero attached hydrogens (tertiary/aromatic N) is 4. The average molecular weight is 624 g/mol. The summed E-state index contributed by atoms with van der Waals surface area (Å²) in [6, 6.07) is 26.2. The van der Waals surface area contributed by atoms with Crippen LogP contribution in [0.1, 0.15) is 44.4 Å². The number of carbonyl (C=O) groups is 1. The first-order valence-corrected chi connectivity index (χ1v) is 14.0. The van der Waals surface area contributed by atoms with Crippen LogP contribution in [0.5, 0.6) is 11.5 Å². The standard InChI is InChI=1S/C33H26ClN5O6/c1-21-7-8-22(2)38(21)27-9-11-28(12-10-27)43-20-29-13-14-31(45-29)33(40)37-36-18-25-15-26(34)16-30(39(41)42)32(25)44-19-24-6-4-3-5-23(24)17-35/h3-16,18H,19-20H2,1-2H3,(H,37,40)/b36-18+. The molecule has 0 aliphatic heterocycles. The molecular formula is C33H26ClN5O6. The van der Waals surface area contributed by atoms with E-state index in [1.54, 1.807) is 30.3 Å². The number of amides is 1. The minimum atomic E-state index is -0.652. The second kappa shape index (κ2) is 13.6. The van der Waals surface area contributed by atoms with Crippen LogP contribution in [-0.4, -0.2) is 21.6 Å². The lowest BCUT2D eigenvalue weighted by atomic mass is 10.1. The van der Waals surface area contributed by atoms with Crippen molar-refractivity contribution in [1.82, 2.24) is 9.99 Å². The molecular weight excluding hydrogens is 598 g/mol. The lowest BCUT2D eigenvalue weighted by molar-refractivity contribution is -0.385. The van der Waals surface area contributed by atoms with E-state index in [2.05, 4.69) is 33.3 Å². The average Bonchev–Trinajstić information content (AvgIpc) is 3.65. The molecule has 2 heterocycles. The van der Waals surface area contributed by atoms with Gasteiger partial charge in [-0.3, -0.25) is 14.9 Å². The van der Waals surface area contributed by atoms with Crippen molar-refractivity contribution in [2.75, 3.05) is 0 Å². The van der Waals surface area contributed by atoms with Gasteiger partial charge < -0.3 is 18.5 Å². The molecule has 0 unspecified atom stereocenters. The van der Waals surface area contributed by atoms with Crippen LogP contribution in [0.3, 0.4) is 0 Å². The van der Waals surface area contributed by atoms with Crippen LogP contribution in [-0.2, 0) is 13.2 Å². The van der Waals surface area contributed by atoms with Gasteiger partial charge in [-0.05, 0) is 74.5 Å². The third kappa shape index (κ3) is 7.21. The first kappa shape index (κ1) is 30.6. The van der Waals surface area contributed by atoms with Gasteiger partial charge in [0.05, 0.1) is 22.8 Å².